The molecule has 14 nitrogen and oxygen atoms in total. The molecule has 1 N–H and O–H groups in total. The van der Waals surface area contributed by atoms with E-state index in [-0.39, 0.29) is 11.4 Å². The van der Waals surface area contributed by atoms with Crippen LogP contribution in [0, 0.1) is 20.2 Å². The summed E-state index contributed by atoms with van der Waals surface area (Å²) in [6.45, 7) is 0. The predicted molar refractivity (Wildman–Crippen MR) is 84.7 cm³/mol. The van der Waals surface area contributed by atoms with Crippen LogP contribution in [0.2, 0.25) is 0 Å². The second-order valence-electron chi connectivity index (χ2n) is 5.09. The maximum atomic E-state index is 11.4. The maximum absolute atomic E-state index is 11.4. The van der Waals surface area contributed by atoms with Crippen molar-refractivity contribution in [1.29, 1.82) is 0 Å². The molecule has 14 heteroatoms. The molecule has 0 atom stereocenters. The summed E-state index contributed by atoms with van der Waals surface area (Å²) in [4.78, 5) is 42.4. The van der Waals surface area contributed by atoms with Crippen LogP contribution in [0.3, 0.4) is 0 Å². The number of amides is 1. The first-order valence-corrected chi connectivity index (χ1v) is 6.76. The summed E-state index contributed by atoms with van der Waals surface area (Å²) in [5, 5.41) is 36.4. The van der Waals surface area contributed by atoms with Crippen molar-refractivity contribution in [3.8, 4) is 0 Å². The van der Waals surface area contributed by atoms with Gasteiger partial charge < -0.3 is 10.0 Å². The van der Waals surface area contributed by atoms with E-state index in [9.17, 15) is 29.8 Å². The summed E-state index contributed by atoms with van der Waals surface area (Å²) in [5.41, 5.74) is -1.44. The van der Waals surface area contributed by atoms with Crippen molar-refractivity contribution in [2.75, 3.05) is 14.1 Å². The molecule has 0 bridgehead atoms. The molecule has 2 aromatic rings. The lowest BCUT2D eigenvalue weighted by Crippen LogP contribution is -2.23. The van der Waals surface area contributed by atoms with Crippen molar-refractivity contribution in [3.63, 3.8) is 0 Å². The van der Waals surface area contributed by atoms with E-state index in [1.54, 1.807) is 0 Å². The Bertz CT molecular complexity index is 836. The fourth-order valence-corrected chi connectivity index (χ4v) is 1.74. The Hall–Kier alpha value is -3.84. The Balaban J connectivity index is 0.000000263. The zero-order valence-corrected chi connectivity index (χ0v) is 14.2. The van der Waals surface area contributed by atoms with Crippen LogP contribution in [0.1, 0.15) is 21.0 Å². The van der Waals surface area contributed by atoms with Gasteiger partial charge in [-0.15, -0.1) is 0 Å². The lowest BCUT2D eigenvalue weighted by Gasteiger charge is -2.06. The number of carboxylic acid groups (broad SMARTS) is 1. The van der Waals surface area contributed by atoms with Gasteiger partial charge in [0.05, 0.1) is 9.85 Å². The van der Waals surface area contributed by atoms with E-state index in [0.29, 0.717) is 0 Å². The molecule has 0 aliphatic heterocycles. The Kier molecular flexibility index (Phi) is 6.08. The number of aryl methyl sites for hydroxylation is 2. The fourth-order valence-electron chi connectivity index (χ4n) is 1.74. The molecule has 26 heavy (non-hydrogen) atoms. The van der Waals surface area contributed by atoms with E-state index < -0.39 is 33.1 Å². The molecule has 0 fully saturated rings. The minimum Gasteiger partial charge on any atom is -0.476 e. The van der Waals surface area contributed by atoms with Crippen LogP contribution in [0.5, 0.6) is 0 Å². The summed E-state index contributed by atoms with van der Waals surface area (Å²) in [5.74, 6) is -1.88. The molecule has 2 heterocycles. The van der Waals surface area contributed by atoms with E-state index in [1.165, 1.54) is 44.0 Å². The summed E-state index contributed by atoms with van der Waals surface area (Å²) in [6, 6.07) is 0. The lowest BCUT2D eigenvalue weighted by molar-refractivity contribution is -0.385. The molecule has 2 rings (SSSR count). The Labute approximate surface area is 145 Å². The quantitative estimate of drug-likeness (QED) is 0.575. The molecule has 1 amide bonds. The molecule has 0 aliphatic carbocycles. The Morgan fingerprint density at radius 2 is 1.38 bits per heavy atom. The van der Waals surface area contributed by atoms with Gasteiger partial charge in [0.2, 0.25) is 11.4 Å². The largest absolute Gasteiger partial charge is 0.476 e. The van der Waals surface area contributed by atoms with Gasteiger partial charge >= 0.3 is 17.3 Å². The molecule has 0 aliphatic rings. The van der Waals surface area contributed by atoms with E-state index in [4.69, 9.17) is 5.11 Å². The topological polar surface area (TPSA) is 180 Å². The van der Waals surface area contributed by atoms with Crippen LogP contribution in [0.15, 0.2) is 12.4 Å². The third-order valence-corrected chi connectivity index (χ3v) is 2.82. The van der Waals surface area contributed by atoms with Gasteiger partial charge in [-0.1, -0.05) is 0 Å². The van der Waals surface area contributed by atoms with Gasteiger partial charge in [0.15, 0.2) is 0 Å². The average molecular weight is 369 g/mol. The number of rotatable bonds is 4. The van der Waals surface area contributed by atoms with Crippen molar-refractivity contribution in [1.82, 2.24) is 24.5 Å². The average Bonchev–Trinajstić information content (AvgIpc) is 3.10. The van der Waals surface area contributed by atoms with Crippen LogP contribution in [-0.2, 0) is 14.1 Å². The first-order chi connectivity index (χ1) is 12.0. The van der Waals surface area contributed by atoms with Crippen LogP contribution in [0.4, 0.5) is 11.4 Å². The van der Waals surface area contributed by atoms with Crippen molar-refractivity contribution in [3.05, 3.63) is 44.0 Å². The van der Waals surface area contributed by atoms with Crippen LogP contribution in [0.25, 0.3) is 0 Å². The van der Waals surface area contributed by atoms with Gasteiger partial charge in [-0.2, -0.15) is 10.2 Å². The van der Waals surface area contributed by atoms with Gasteiger partial charge in [-0.25, -0.2) is 4.79 Å². The van der Waals surface area contributed by atoms with Gasteiger partial charge in [0, 0.05) is 28.2 Å². The van der Waals surface area contributed by atoms with E-state index in [0.717, 1.165) is 10.9 Å². The number of nitro groups is 2. The first-order valence-electron chi connectivity index (χ1n) is 6.76. The van der Waals surface area contributed by atoms with Crippen molar-refractivity contribution in [2.45, 2.75) is 0 Å². The summed E-state index contributed by atoms with van der Waals surface area (Å²) < 4.78 is 2.33. The zero-order chi connectivity index (χ0) is 20.2. The van der Waals surface area contributed by atoms with Gasteiger partial charge in [0.1, 0.15) is 12.4 Å². The van der Waals surface area contributed by atoms with Crippen LogP contribution >= 0.6 is 0 Å². The summed E-state index contributed by atoms with van der Waals surface area (Å²) in [6.07, 6.45) is 2.25. The molecular weight excluding hydrogens is 354 g/mol. The number of aromatic nitrogens is 4. The van der Waals surface area contributed by atoms with Gasteiger partial charge in [-0.05, 0) is 0 Å². The SMILES string of the molecule is CN(C)C(=O)c1nn(C)cc1[N+](=O)[O-].Cn1cc([N+](=O)[O-])c(C(=O)O)n1. The van der Waals surface area contributed by atoms with E-state index in [1.807, 2.05) is 0 Å². The molecule has 2 aromatic heterocycles. The molecule has 0 saturated heterocycles. The van der Waals surface area contributed by atoms with Crippen LogP contribution in [-0.4, -0.2) is 65.4 Å². The van der Waals surface area contributed by atoms with Gasteiger partial charge in [0.25, 0.3) is 5.91 Å². The Morgan fingerprint density at radius 3 is 1.69 bits per heavy atom. The zero-order valence-electron chi connectivity index (χ0n) is 14.2. The smallest absolute Gasteiger partial charge is 0.363 e. The molecule has 140 valence electrons. The van der Waals surface area contributed by atoms with E-state index >= 15 is 0 Å². The predicted octanol–water partition coefficient (Wildman–Crippen LogP) is 0.0566. The molecule has 0 spiro atoms. The van der Waals surface area contributed by atoms with E-state index in [2.05, 4.69) is 10.2 Å². The van der Waals surface area contributed by atoms with Crippen molar-refractivity contribution in [2.24, 2.45) is 14.1 Å². The number of hydrogen-bond donors (Lipinski definition) is 1. The number of hydrogen-bond acceptors (Lipinski definition) is 8. The maximum Gasteiger partial charge on any atom is 0.363 e. The number of carboxylic acids is 1. The second-order valence-corrected chi connectivity index (χ2v) is 5.09. The first kappa shape index (κ1) is 20.2. The minimum atomic E-state index is -1.40. The summed E-state index contributed by atoms with van der Waals surface area (Å²) >= 11 is 0. The monoisotopic (exact) mass is 369 g/mol. The third kappa shape index (κ3) is 4.59. The number of nitrogens with zero attached hydrogens (tertiary/aromatic N) is 7. The highest BCUT2D eigenvalue weighted by Gasteiger charge is 2.26. The van der Waals surface area contributed by atoms with Crippen molar-refractivity contribution >= 4 is 23.3 Å². The third-order valence-electron chi connectivity index (χ3n) is 2.82. The minimum absolute atomic E-state index is 0.137. The standard InChI is InChI=1S/C7H10N4O3.C5H5N3O4/c1-9(2)7(12)6-5(11(13)14)4-10(3)8-6;1-7-2-3(8(11)12)4(6-7)5(9)10/h4H,1-3H3;2H,1H3,(H,9,10). The molecular formula is C12H15N7O7. The molecule has 0 radical (unpaired) electrons. The fraction of sp³-hybridized carbons (Fsp3) is 0.333. The molecule has 0 aromatic carbocycles. The van der Waals surface area contributed by atoms with Crippen LogP contribution < -0.4 is 0 Å². The molecule has 0 saturated carbocycles. The second kappa shape index (κ2) is 7.82. The lowest BCUT2D eigenvalue weighted by atomic mass is 10.3. The summed E-state index contributed by atoms with van der Waals surface area (Å²) in [7, 11) is 5.97. The highest BCUT2D eigenvalue weighted by molar-refractivity contribution is 5.95. The highest BCUT2D eigenvalue weighted by Crippen LogP contribution is 2.17. The number of aromatic carboxylic acids is 1. The van der Waals surface area contributed by atoms with Crippen molar-refractivity contribution < 1.29 is 24.5 Å². The Morgan fingerprint density at radius 1 is 1.00 bits per heavy atom. The molecule has 0 unspecified atom stereocenters. The van der Waals surface area contributed by atoms with Gasteiger partial charge in [-0.3, -0.25) is 34.4 Å². The highest BCUT2D eigenvalue weighted by atomic mass is 16.6. The normalized spacial score (nSPS) is 9.85. The number of carbonyl (C=O) groups excluding carboxylic acids is 1. The number of carbonyl (C=O) groups is 2.